The van der Waals surface area contributed by atoms with E-state index >= 15 is 0 Å². The topological polar surface area (TPSA) is 104 Å². The quantitative estimate of drug-likeness (QED) is 0.243. The number of carbonyl (C=O) groups excluding carboxylic acids is 1. The van der Waals surface area contributed by atoms with Crippen molar-refractivity contribution in [1.29, 1.82) is 0 Å². The van der Waals surface area contributed by atoms with Gasteiger partial charge >= 0.3 is 0 Å². The lowest BCUT2D eigenvalue weighted by Gasteiger charge is -2.17. The second-order valence-electron chi connectivity index (χ2n) is 7.71. The van der Waals surface area contributed by atoms with Crippen LogP contribution in [0.4, 0.5) is 0 Å². The Balaban J connectivity index is 1.53. The number of benzene rings is 1. The number of amides is 1. The number of rotatable bonds is 7. The molecule has 1 aromatic carbocycles. The van der Waals surface area contributed by atoms with Crippen LogP contribution in [0.3, 0.4) is 0 Å². The van der Waals surface area contributed by atoms with Gasteiger partial charge in [-0.15, -0.1) is 11.3 Å². The van der Waals surface area contributed by atoms with Gasteiger partial charge in [0.15, 0.2) is 0 Å². The van der Waals surface area contributed by atoms with Crippen LogP contribution >= 0.6 is 34.5 Å². The summed E-state index contributed by atoms with van der Waals surface area (Å²) in [6.07, 6.45) is 4.03. The van der Waals surface area contributed by atoms with E-state index in [1.54, 1.807) is 30.6 Å². The summed E-state index contributed by atoms with van der Waals surface area (Å²) in [7, 11) is 0. The van der Waals surface area contributed by atoms with Crippen molar-refractivity contribution in [3.05, 3.63) is 78.8 Å². The highest BCUT2D eigenvalue weighted by Crippen LogP contribution is 2.39. The average Bonchev–Trinajstić information content (AvgIpc) is 3.41. The first-order chi connectivity index (χ1) is 15.5. The van der Waals surface area contributed by atoms with Crippen molar-refractivity contribution < 1.29 is 4.79 Å². The first kappa shape index (κ1) is 22.6. The third kappa shape index (κ3) is 4.89. The maximum absolute atomic E-state index is 13.0. The van der Waals surface area contributed by atoms with Crippen LogP contribution in [0.5, 0.6) is 0 Å². The van der Waals surface area contributed by atoms with Crippen LogP contribution in [0.1, 0.15) is 45.8 Å². The molecule has 164 valence electrons. The smallest absolute Gasteiger partial charge is 0.261 e. The minimum Gasteiger partial charge on any atom is -0.348 e. The van der Waals surface area contributed by atoms with Crippen molar-refractivity contribution in [3.63, 3.8) is 0 Å². The third-order valence-corrected chi connectivity index (χ3v) is 7.20. The number of halogens is 2. The fourth-order valence-electron chi connectivity index (χ4n) is 3.94. The molecule has 10 heteroatoms. The normalized spacial score (nSPS) is 15.7. The Kier molecular flexibility index (Phi) is 6.96. The lowest BCUT2D eigenvalue weighted by Crippen LogP contribution is -2.38. The Bertz CT molecular complexity index is 1210. The van der Waals surface area contributed by atoms with E-state index < -0.39 is 6.04 Å². The summed E-state index contributed by atoms with van der Waals surface area (Å²) in [4.78, 5) is 26.2. The van der Waals surface area contributed by atoms with Gasteiger partial charge in [-0.3, -0.25) is 4.79 Å². The Morgan fingerprint density at radius 2 is 2.19 bits per heavy atom. The molecule has 0 saturated heterocycles. The number of aryl methyl sites for hydroxylation is 1. The molecule has 0 spiro atoms. The molecule has 0 unspecified atom stereocenters. The van der Waals surface area contributed by atoms with Gasteiger partial charge in [0.1, 0.15) is 6.33 Å². The highest BCUT2D eigenvalue weighted by Gasteiger charge is 2.26. The van der Waals surface area contributed by atoms with E-state index in [0.29, 0.717) is 27.3 Å². The van der Waals surface area contributed by atoms with Crippen LogP contribution in [-0.2, 0) is 12.8 Å². The van der Waals surface area contributed by atoms with E-state index in [2.05, 4.69) is 32.2 Å². The zero-order valence-electron chi connectivity index (χ0n) is 17.3. The summed E-state index contributed by atoms with van der Waals surface area (Å²) >= 11 is 13.6. The lowest BCUT2D eigenvalue weighted by atomic mass is 10.0. The molecule has 2 atom stereocenters. The van der Waals surface area contributed by atoms with Gasteiger partial charge in [0.2, 0.25) is 0 Å². The highest BCUT2D eigenvalue weighted by atomic mass is 35.5. The maximum atomic E-state index is 13.0. The summed E-state index contributed by atoms with van der Waals surface area (Å²) in [5, 5.41) is 7.65. The lowest BCUT2D eigenvalue weighted by molar-refractivity contribution is 0.0942. The zero-order valence-corrected chi connectivity index (χ0v) is 19.6. The second kappa shape index (κ2) is 9.88. The molecule has 0 fully saturated rings. The molecule has 0 saturated carbocycles. The number of aromatic nitrogens is 2. The second-order valence-corrected chi connectivity index (χ2v) is 9.64. The van der Waals surface area contributed by atoms with Gasteiger partial charge in [0.25, 0.3) is 5.91 Å². The summed E-state index contributed by atoms with van der Waals surface area (Å²) in [5.74, 6) is 0.168. The van der Waals surface area contributed by atoms with Crippen molar-refractivity contribution in [2.24, 2.45) is 5.11 Å². The summed E-state index contributed by atoms with van der Waals surface area (Å²) in [5.41, 5.74) is 12.7. The molecule has 2 aromatic heterocycles. The third-order valence-electron chi connectivity index (χ3n) is 5.52. The van der Waals surface area contributed by atoms with Gasteiger partial charge in [-0.25, -0.2) is 9.97 Å². The molecular formula is C22H20Cl2N6OS. The van der Waals surface area contributed by atoms with Crippen LogP contribution < -0.4 is 5.32 Å². The number of hydrogen-bond acceptors (Lipinski definition) is 5. The van der Waals surface area contributed by atoms with Crippen molar-refractivity contribution in [1.82, 2.24) is 15.3 Å². The van der Waals surface area contributed by atoms with E-state index in [4.69, 9.17) is 28.7 Å². The van der Waals surface area contributed by atoms with Crippen LogP contribution in [0.25, 0.3) is 21.0 Å². The molecule has 0 aliphatic heterocycles. The zero-order chi connectivity index (χ0) is 22.7. The molecular weight excluding hydrogens is 467 g/mol. The van der Waals surface area contributed by atoms with Crippen molar-refractivity contribution in [2.75, 3.05) is 6.54 Å². The van der Waals surface area contributed by atoms with Crippen molar-refractivity contribution in [2.45, 2.75) is 38.1 Å². The van der Waals surface area contributed by atoms with Crippen LogP contribution in [-0.4, -0.2) is 28.5 Å². The summed E-state index contributed by atoms with van der Waals surface area (Å²) in [6.45, 7) is 2.29. The number of azide groups is 1. The Morgan fingerprint density at radius 3 is 2.97 bits per heavy atom. The average molecular weight is 487 g/mol. The van der Waals surface area contributed by atoms with Gasteiger partial charge in [0, 0.05) is 38.8 Å². The van der Waals surface area contributed by atoms with Gasteiger partial charge in [-0.2, -0.15) is 0 Å². The Morgan fingerprint density at radius 1 is 1.34 bits per heavy atom. The van der Waals surface area contributed by atoms with E-state index in [1.807, 2.05) is 6.07 Å². The first-order valence-electron chi connectivity index (χ1n) is 10.2. The molecule has 7 nitrogen and oxygen atoms in total. The number of nitrogens with one attached hydrogen (secondary N) is 1. The molecule has 32 heavy (non-hydrogen) atoms. The molecule has 3 aromatic rings. The van der Waals surface area contributed by atoms with E-state index in [9.17, 15) is 4.79 Å². The Labute approximate surface area is 199 Å². The molecule has 1 aliphatic carbocycles. The maximum Gasteiger partial charge on any atom is 0.261 e. The minimum atomic E-state index is -0.411. The molecule has 1 amide bonds. The minimum absolute atomic E-state index is 0.108. The molecule has 0 radical (unpaired) electrons. The standard InChI is InChI=1S/C22H20Cl2N6OS/c1-12-2-5-17-20(12)21(27-11-26-17)18-6-7-19(32-18)22(31)29-15(10-28-30-25)8-13-3-4-14(23)9-16(13)24/h3-4,6-7,9,11-12,15H,2,5,8,10H2,1H3,(H,29,31)/t12-,15+/m1/s1. The largest absolute Gasteiger partial charge is 0.348 e. The number of carbonyl (C=O) groups is 1. The van der Waals surface area contributed by atoms with Crippen molar-refractivity contribution in [3.8, 4) is 10.6 Å². The van der Waals surface area contributed by atoms with Gasteiger partial charge in [-0.1, -0.05) is 41.3 Å². The first-order valence-corrected chi connectivity index (χ1v) is 11.7. The molecule has 0 bridgehead atoms. The van der Waals surface area contributed by atoms with Gasteiger partial charge in [0.05, 0.1) is 15.4 Å². The number of fused-ring (bicyclic) bond motifs is 1. The van der Waals surface area contributed by atoms with Crippen LogP contribution in [0.2, 0.25) is 10.0 Å². The summed E-state index contributed by atoms with van der Waals surface area (Å²) < 4.78 is 0. The fourth-order valence-corrected chi connectivity index (χ4v) is 5.34. The fraction of sp³-hybridized carbons (Fsp3) is 0.318. The summed E-state index contributed by atoms with van der Waals surface area (Å²) in [6, 6.07) is 8.50. The number of thiophene rings is 1. The molecule has 1 N–H and O–H groups in total. The predicted octanol–water partition coefficient (Wildman–Crippen LogP) is 6.21. The van der Waals surface area contributed by atoms with Crippen LogP contribution in [0.15, 0.2) is 41.8 Å². The van der Waals surface area contributed by atoms with Crippen molar-refractivity contribution >= 4 is 40.4 Å². The van der Waals surface area contributed by atoms with Gasteiger partial charge in [-0.05, 0) is 60.5 Å². The predicted molar refractivity (Wildman–Crippen MR) is 128 cm³/mol. The number of nitrogens with zero attached hydrogens (tertiary/aromatic N) is 5. The Hall–Kier alpha value is -2.64. The van der Waals surface area contributed by atoms with E-state index in [1.165, 1.54) is 16.9 Å². The SMILES string of the molecule is C[C@@H]1CCc2ncnc(-c3ccc(C(=O)N[C@H](CN=[N+]=[N-])Cc4ccc(Cl)cc4Cl)s3)c21. The molecule has 4 rings (SSSR count). The molecule has 2 heterocycles. The van der Waals surface area contributed by atoms with Crippen LogP contribution in [0, 0.1) is 0 Å². The monoisotopic (exact) mass is 486 g/mol. The number of hydrogen-bond donors (Lipinski definition) is 1. The van der Waals surface area contributed by atoms with Gasteiger partial charge < -0.3 is 5.32 Å². The van der Waals surface area contributed by atoms with E-state index in [0.717, 1.165) is 34.7 Å². The highest BCUT2D eigenvalue weighted by molar-refractivity contribution is 7.17. The molecule has 1 aliphatic rings. The van der Waals surface area contributed by atoms with E-state index in [-0.39, 0.29) is 12.5 Å².